The Hall–Kier alpha value is -2.47. The molecule has 2 aromatic carbocycles. The molecule has 2 aromatic heterocycles. The summed E-state index contributed by atoms with van der Waals surface area (Å²) in [7, 11) is 2.02. The van der Waals surface area contributed by atoms with E-state index in [1.165, 1.54) is 5.56 Å². The van der Waals surface area contributed by atoms with Crippen LogP contribution in [0.1, 0.15) is 11.4 Å². The molecule has 2 heterocycles. The Balaban J connectivity index is 1.83. The highest BCUT2D eigenvalue weighted by atomic mass is 79.9. The van der Waals surface area contributed by atoms with Crippen molar-refractivity contribution in [2.75, 3.05) is 11.9 Å². The number of rotatable bonds is 3. The second kappa shape index (κ2) is 5.87. The van der Waals surface area contributed by atoms with Gasteiger partial charge in [0.1, 0.15) is 5.82 Å². The van der Waals surface area contributed by atoms with E-state index >= 15 is 0 Å². The number of benzene rings is 2. The lowest BCUT2D eigenvalue weighted by atomic mass is 10.2. The normalized spacial score (nSPS) is 11.3. The number of hydrogen-bond acceptors (Lipinski definition) is 4. The zero-order valence-electron chi connectivity index (χ0n) is 13.4. The average molecular weight is 382 g/mol. The van der Waals surface area contributed by atoms with E-state index < -0.39 is 0 Å². The largest absolute Gasteiger partial charge is 0.339 e. The maximum atomic E-state index is 4.81. The molecule has 0 aliphatic heterocycles. The predicted molar refractivity (Wildman–Crippen MR) is 99.3 cm³/mol. The van der Waals surface area contributed by atoms with Gasteiger partial charge in [0.05, 0.1) is 5.52 Å². The van der Waals surface area contributed by atoms with Gasteiger partial charge in [-0.15, -0.1) is 5.10 Å². The molecule has 0 saturated carbocycles. The van der Waals surface area contributed by atoms with Crippen LogP contribution in [0.15, 0.2) is 53.0 Å². The molecule has 0 unspecified atom stereocenters. The monoisotopic (exact) mass is 381 g/mol. The second-order valence-electron chi connectivity index (χ2n) is 5.81. The van der Waals surface area contributed by atoms with Gasteiger partial charge in [0, 0.05) is 23.5 Å². The summed E-state index contributed by atoms with van der Waals surface area (Å²) < 4.78 is 2.91. The van der Waals surface area contributed by atoms with Gasteiger partial charge in [-0.2, -0.15) is 4.52 Å². The lowest BCUT2D eigenvalue weighted by Gasteiger charge is -2.19. The minimum absolute atomic E-state index is 0.742. The van der Waals surface area contributed by atoms with Crippen LogP contribution < -0.4 is 4.90 Å². The summed E-state index contributed by atoms with van der Waals surface area (Å²) in [5.41, 5.74) is 2.98. The highest BCUT2D eigenvalue weighted by Crippen LogP contribution is 2.23. The highest BCUT2D eigenvalue weighted by Gasteiger charge is 2.15. The lowest BCUT2D eigenvalue weighted by molar-refractivity contribution is 0.809. The van der Waals surface area contributed by atoms with Crippen LogP contribution in [0.3, 0.4) is 0 Å². The van der Waals surface area contributed by atoms with Crippen LogP contribution in [0.5, 0.6) is 0 Å². The Bertz CT molecular complexity index is 1020. The number of hydrogen-bond donors (Lipinski definition) is 0. The Kier molecular flexibility index (Phi) is 3.69. The first-order valence-corrected chi connectivity index (χ1v) is 8.49. The molecule has 0 amide bonds. The first-order chi connectivity index (χ1) is 11.6. The van der Waals surface area contributed by atoms with Crippen LogP contribution in [0, 0.1) is 6.92 Å². The molecule has 0 spiro atoms. The van der Waals surface area contributed by atoms with Gasteiger partial charge in [-0.1, -0.05) is 40.2 Å². The van der Waals surface area contributed by atoms with E-state index in [0.717, 1.165) is 39.3 Å². The number of halogens is 1. The summed E-state index contributed by atoms with van der Waals surface area (Å²) >= 11 is 3.47. The Morgan fingerprint density at radius 1 is 1.04 bits per heavy atom. The molecule has 0 N–H and O–H groups in total. The number of aryl methyl sites for hydroxylation is 1. The standard InChI is InChI=1S/C18H16BrN5/c1-12-20-17-15-5-3-4-6-16(15)21-18(24(17)22-12)23(2)11-13-7-9-14(19)10-8-13/h3-10H,11H2,1-2H3. The molecule has 0 atom stereocenters. The minimum atomic E-state index is 0.742. The molecular weight excluding hydrogens is 366 g/mol. The molecule has 0 bridgehead atoms. The van der Waals surface area contributed by atoms with Crippen molar-refractivity contribution in [1.82, 2.24) is 19.6 Å². The molecule has 120 valence electrons. The summed E-state index contributed by atoms with van der Waals surface area (Å²) in [6.07, 6.45) is 0. The van der Waals surface area contributed by atoms with Crippen LogP contribution in [0.4, 0.5) is 5.95 Å². The fourth-order valence-electron chi connectivity index (χ4n) is 2.83. The predicted octanol–water partition coefficient (Wildman–Crippen LogP) is 3.98. The summed E-state index contributed by atoms with van der Waals surface area (Å²) in [5, 5.41) is 5.55. The molecular formula is C18H16BrN5. The Morgan fingerprint density at radius 3 is 2.58 bits per heavy atom. The molecule has 5 nitrogen and oxygen atoms in total. The molecule has 6 heteroatoms. The van der Waals surface area contributed by atoms with E-state index in [9.17, 15) is 0 Å². The second-order valence-corrected chi connectivity index (χ2v) is 6.72. The maximum absolute atomic E-state index is 4.81. The summed E-state index contributed by atoms with van der Waals surface area (Å²) in [6.45, 7) is 2.65. The zero-order chi connectivity index (χ0) is 16.7. The molecule has 0 aliphatic rings. The molecule has 4 rings (SSSR count). The van der Waals surface area contributed by atoms with Gasteiger partial charge in [0.2, 0.25) is 5.95 Å². The van der Waals surface area contributed by atoms with Gasteiger partial charge < -0.3 is 4.90 Å². The van der Waals surface area contributed by atoms with E-state index in [1.54, 1.807) is 0 Å². The fourth-order valence-corrected chi connectivity index (χ4v) is 3.09. The molecule has 0 aliphatic carbocycles. The van der Waals surface area contributed by atoms with Crippen molar-refractivity contribution < 1.29 is 0 Å². The van der Waals surface area contributed by atoms with E-state index in [1.807, 2.05) is 54.9 Å². The molecule has 4 aromatic rings. The van der Waals surface area contributed by atoms with Gasteiger partial charge in [-0.25, -0.2) is 9.97 Å². The molecule has 0 fully saturated rings. The SMILES string of the molecule is Cc1nc2c3ccccc3nc(N(C)Cc3ccc(Br)cc3)n2n1. The van der Waals surface area contributed by atoms with Gasteiger partial charge in [-0.05, 0) is 36.8 Å². The van der Waals surface area contributed by atoms with Crippen LogP contribution >= 0.6 is 15.9 Å². The smallest absolute Gasteiger partial charge is 0.229 e. The maximum Gasteiger partial charge on any atom is 0.229 e. The van der Waals surface area contributed by atoms with Crippen molar-refractivity contribution in [3.8, 4) is 0 Å². The molecule has 0 saturated heterocycles. The van der Waals surface area contributed by atoms with Crippen LogP contribution in [-0.4, -0.2) is 26.6 Å². The average Bonchev–Trinajstić information content (AvgIpc) is 2.97. The Morgan fingerprint density at radius 2 is 1.79 bits per heavy atom. The van der Waals surface area contributed by atoms with Crippen molar-refractivity contribution in [3.05, 3.63) is 64.4 Å². The third-order valence-corrected chi connectivity index (χ3v) is 4.47. The number of aromatic nitrogens is 4. The van der Waals surface area contributed by atoms with Gasteiger partial charge >= 0.3 is 0 Å². The fraction of sp³-hybridized carbons (Fsp3) is 0.167. The molecule has 0 radical (unpaired) electrons. The van der Waals surface area contributed by atoms with E-state index in [0.29, 0.717) is 0 Å². The van der Waals surface area contributed by atoms with E-state index in [-0.39, 0.29) is 0 Å². The lowest BCUT2D eigenvalue weighted by Crippen LogP contribution is -2.21. The van der Waals surface area contributed by atoms with Gasteiger partial charge in [0.15, 0.2) is 5.65 Å². The third-order valence-electron chi connectivity index (χ3n) is 3.94. The van der Waals surface area contributed by atoms with Crippen molar-refractivity contribution in [2.45, 2.75) is 13.5 Å². The Labute approximate surface area is 148 Å². The van der Waals surface area contributed by atoms with Crippen molar-refractivity contribution in [3.63, 3.8) is 0 Å². The minimum Gasteiger partial charge on any atom is -0.339 e. The van der Waals surface area contributed by atoms with Crippen molar-refractivity contribution in [2.24, 2.45) is 0 Å². The topological polar surface area (TPSA) is 46.3 Å². The van der Waals surface area contributed by atoms with Crippen LogP contribution in [-0.2, 0) is 6.54 Å². The van der Waals surface area contributed by atoms with Crippen LogP contribution in [0.25, 0.3) is 16.6 Å². The number of para-hydroxylation sites is 1. The number of nitrogens with zero attached hydrogens (tertiary/aromatic N) is 5. The number of anilines is 1. The third kappa shape index (κ3) is 2.63. The van der Waals surface area contributed by atoms with Gasteiger partial charge in [-0.3, -0.25) is 0 Å². The summed E-state index contributed by atoms with van der Waals surface area (Å²) in [4.78, 5) is 11.5. The first-order valence-electron chi connectivity index (χ1n) is 7.69. The van der Waals surface area contributed by atoms with Crippen molar-refractivity contribution >= 4 is 38.4 Å². The quantitative estimate of drug-likeness (QED) is 0.538. The molecule has 24 heavy (non-hydrogen) atoms. The summed E-state index contributed by atoms with van der Waals surface area (Å²) in [6, 6.07) is 16.3. The highest BCUT2D eigenvalue weighted by molar-refractivity contribution is 9.10. The zero-order valence-corrected chi connectivity index (χ0v) is 15.0. The van der Waals surface area contributed by atoms with Crippen molar-refractivity contribution in [1.29, 1.82) is 0 Å². The van der Waals surface area contributed by atoms with E-state index in [4.69, 9.17) is 4.98 Å². The van der Waals surface area contributed by atoms with E-state index in [2.05, 4.69) is 43.0 Å². The van der Waals surface area contributed by atoms with Crippen LogP contribution in [0.2, 0.25) is 0 Å². The number of fused-ring (bicyclic) bond motifs is 3. The van der Waals surface area contributed by atoms with Gasteiger partial charge in [0.25, 0.3) is 0 Å². The summed E-state index contributed by atoms with van der Waals surface area (Å²) in [5.74, 6) is 1.53. The first kappa shape index (κ1) is 15.1.